The van der Waals surface area contributed by atoms with Crippen molar-refractivity contribution < 1.29 is 57.3 Å². The third-order valence-electron chi connectivity index (χ3n) is 14.9. The molecule has 5 unspecified atom stereocenters. The van der Waals surface area contributed by atoms with E-state index in [1.165, 1.54) is 81.3 Å². The summed E-state index contributed by atoms with van der Waals surface area (Å²) in [6.45, 7) is 14.7. The molecule has 0 aliphatic heterocycles. The van der Waals surface area contributed by atoms with Crippen molar-refractivity contribution in [2.45, 2.75) is 241 Å². The van der Waals surface area contributed by atoms with Gasteiger partial charge in [-0.1, -0.05) is 179 Å². The van der Waals surface area contributed by atoms with E-state index in [4.69, 9.17) is 51.6 Å². The van der Waals surface area contributed by atoms with Gasteiger partial charge in [0.15, 0.2) is 11.9 Å². The maximum absolute atomic E-state index is 13.5. The third-order valence-corrected chi connectivity index (χ3v) is 15.4. The predicted molar refractivity (Wildman–Crippen MR) is 323 cm³/mol. The van der Waals surface area contributed by atoms with E-state index in [-0.39, 0.29) is 102 Å². The highest BCUT2D eigenvalue weighted by atomic mass is 35.5. The molecule has 0 fully saturated rings. The van der Waals surface area contributed by atoms with Crippen LogP contribution < -0.4 is 9.47 Å². The summed E-state index contributed by atoms with van der Waals surface area (Å²) in [5, 5.41) is 10.9. The second kappa shape index (κ2) is 44.6. The summed E-state index contributed by atoms with van der Waals surface area (Å²) in [7, 11) is 0. The van der Waals surface area contributed by atoms with Crippen LogP contribution in [-0.4, -0.2) is 54.3 Å². The van der Waals surface area contributed by atoms with Crippen LogP contribution in [0.3, 0.4) is 0 Å². The lowest BCUT2D eigenvalue weighted by atomic mass is 9.81. The van der Waals surface area contributed by atoms with Crippen molar-refractivity contribution >= 4 is 58.9 Å². The second-order valence-electron chi connectivity index (χ2n) is 22.1. The number of unbranched alkanes of at least 4 members (excludes halogenated alkanes) is 13. The molecule has 0 saturated heterocycles. The summed E-state index contributed by atoms with van der Waals surface area (Å²) in [5.74, 6) is 0.262. The standard InChI is InChI=1S/C65H99Cl2NO13/c1-8-12-13-14-15-16-17-18-19-23-26-29-34-60(69)76-47-57(48-77-61(70)35-30-27-24-21-20-22-25-28-32-49(5)41-52(9-2)10-3)79-63(72)43-51(7)54(11-4)42-50(6)33-31-36-62(71)81-64-58(66)44-53(45-59(64)67)46-78-65(73)80-56-39-37-55(38-40-56)68(74)75/h13-14,25,28,37-40,44-45,49-52,54,57H,8-12,15-24,26-27,29-36,41-43,46-48H2,1-7H3/b14-13-,28-25-. The van der Waals surface area contributed by atoms with E-state index < -0.39 is 29.1 Å². The molecule has 0 aliphatic carbocycles. The number of benzene rings is 2. The van der Waals surface area contributed by atoms with Crippen molar-refractivity contribution in [3.05, 3.63) is 86.4 Å². The van der Waals surface area contributed by atoms with E-state index in [1.54, 1.807) is 0 Å². The maximum atomic E-state index is 13.5. The van der Waals surface area contributed by atoms with Crippen molar-refractivity contribution in [2.75, 3.05) is 13.2 Å². The number of hydrogen-bond acceptors (Lipinski definition) is 13. The molecule has 0 saturated carbocycles. The predicted octanol–water partition coefficient (Wildman–Crippen LogP) is 18.8. The van der Waals surface area contributed by atoms with Crippen LogP contribution in [0.5, 0.6) is 11.5 Å². The topological polar surface area (TPSA) is 184 Å². The molecule has 5 atom stereocenters. The van der Waals surface area contributed by atoms with Gasteiger partial charge in [-0.3, -0.25) is 29.3 Å². The van der Waals surface area contributed by atoms with Crippen molar-refractivity contribution in [3.8, 4) is 11.5 Å². The van der Waals surface area contributed by atoms with E-state index in [0.29, 0.717) is 18.4 Å². The lowest BCUT2D eigenvalue weighted by Gasteiger charge is -2.26. The highest BCUT2D eigenvalue weighted by molar-refractivity contribution is 6.37. The Kier molecular flexibility index (Phi) is 39.7. The molecule has 0 aromatic heterocycles. The zero-order valence-corrected chi connectivity index (χ0v) is 51.7. The van der Waals surface area contributed by atoms with Crippen LogP contribution in [-0.2, 0) is 44.7 Å². The largest absolute Gasteiger partial charge is 0.514 e. The lowest BCUT2D eigenvalue weighted by molar-refractivity contribution is -0.384. The number of nitro benzene ring substituents is 1. The number of hydrogen-bond donors (Lipinski definition) is 0. The quantitative estimate of drug-likeness (QED) is 0.00892. The third kappa shape index (κ3) is 34.9. The summed E-state index contributed by atoms with van der Waals surface area (Å²) in [6.07, 6.45) is 32.9. The van der Waals surface area contributed by atoms with Gasteiger partial charge in [-0.15, -0.1) is 0 Å². The fourth-order valence-corrected chi connectivity index (χ4v) is 10.4. The number of nitrogens with zero attached hydrogens (tertiary/aromatic N) is 1. The zero-order chi connectivity index (χ0) is 59.6. The molecule has 0 bridgehead atoms. The van der Waals surface area contributed by atoms with Crippen LogP contribution in [0, 0.1) is 39.7 Å². The first-order valence-electron chi connectivity index (χ1n) is 30.6. The van der Waals surface area contributed by atoms with E-state index in [9.17, 15) is 34.1 Å². The van der Waals surface area contributed by atoms with E-state index in [2.05, 4.69) is 65.8 Å². The van der Waals surface area contributed by atoms with E-state index in [0.717, 1.165) is 108 Å². The number of carbonyl (C=O) groups excluding carboxylic acids is 5. The minimum Gasteiger partial charge on any atom is -0.462 e. The van der Waals surface area contributed by atoms with Crippen molar-refractivity contribution in [1.82, 2.24) is 0 Å². The number of allylic oxidation sites excluding steroid dienone is 4. The Labute approximate surface area is 495 Å². The molecule has 0 radical (unpaired) electrons. The molecule has 81 heavy (non-hydrogen) atoms. The van der Waals surface area contributed by atoms with Crippen molar-refractivity contribution in [3.63, 3.8) is 0 Å². The smallest absolute Gasteiger partial charge is 0.462 e. The van der Waals surface area contributed by atoms with Gasteiger partial charge in [-0.2, -0.15) is 0 Å². The monoisotopic (exact) mass is 1170 g/mol. The molecule has 2 rings (SSSR count). The van der Waals surface area contributed by atoms with Gasteiger partial charge in [0.2, 0.25) is 0 Å². The molecule has 0 N–H and O–H groups in total. The molecular weight excluding hydrogens is 1070 g/mol. The van der Waals surface area contributed by atoms with Crippen LogP contribution in [0.1, 0.15) is 234 Å². The van der Waals surface area contributed by atoms with Gasteiger partial charge in [0.1, 0.15) is 25.6 Å². The summed E-state index contributed by atoms with van der Waals surface area (Å²) in [4.78, 5) is 74.6. The Hall–Kier alpha value is -4.95. The average Bonchev–Trinajstić information content (AvgIpc) is 3.45. The van der Waals surface area contributed by atoms with Gasteiger partial charge >= 0.3 is 30.0 Å². The first-order chi connectivity index (χ1) is 39.0. The molecule has 0 amide bonds. The van der Waals surface area contributed by atoms with Crippen molar-refractivity contribution in [2.24, 2.45) is 29.6 Å². The normalized spacial score (nSPS) is 13.4. The average molecular weight is 1170 g/mol. The van der Waals surface area contributed by atoms with Crippen molar-refractivity contribution in [1.29, 1.82) is 0 Å². The Morgan fingerprint density at radius 3 is 1.67 bits per heavy atom. The van der Waals surface area contributed by atoms with Gasteiger partial charge < -0.3 is 28.4 Å². The molecule has 2 aromatic carbocycles. The molecule has 456 valence electrons. The number of halogens is 2. The van der Waals surface area contributed by atoms with E-state index >= 15 is 0 Å². The zero-order valence-electron chi connectivity index (χ0n) is 50.2. The summed E-state index contributed by atoms with van der Waals surface area (Å²) in [6, 6.07) is 7.82. The summed E-state index contributed by atoms with van der Waals surface area (Å²) >= 11 is 12.8. The minimum atomic E-state index is -1.05. The van der Waals surface area contributed by atoms with Crippen LogP contribution in [0.15, 0.2) is 60.7 Å². The number of carbonyl (C=O) groups is 5. The van der Waals surface area contributed by atoms with Crippen LogP contribution in [0.4, 0.5) is 10.5 Å². The molecule has 2 aromatic rings. The number of nitro groups is 1. The van der Waals surface area contributed by atoms with Crippen LogP contribution in [0.2, 0.25) is 10.0 Å². The fraction of sp³-hybridized carbons (Fsp3) is 0.677. The Balaban J connectivity index is 1.83. The number of non-ortho nitro benzene ring substituents is 1. The van der Waals surface area contributed by atoms with Gasteiger partial charge in [-0.05, 0) is 130 Å². The van der Waals surface area contributed by atoms with Crippen LogP contribution >= 0.6 is 23.2 Å². The first-order valence-corrected chi connectivity index (χ1v) is 31.3. The van der Waals surface area contributed by atoms with Gasteiger partial charge in [-0.25, -0.2) is 4.79 Å². The highest BCUT2D eigenvalue weighted by Crippen LogP contribution is 2.36. The number of ether oxygens (including phenoxy) is 6. The Morgan fingerprint density at radius 2 is 1.12 bits per heavy atom. The Morgan fingerprint density at radius 1 is 0.593 bits per heavy atom. The fourth-order valence-electron chi connectivity index (χ4n) is 9.80. The number of esters is 4. The number of rotatable bonds is 46. The van der Waals surface area contributed by atoms with E-state index in [1.807, 2.05) is 6.92 Å². The molecular formula is C65H99Cl2NO13. The molecule has 0 heterocycles. The molecule has 14 nitrogen and oxygen atoms in total. The summed E-state index contributed by atoms with van der Waals surface area (Å²) < 4.78 is 32.8. The molecule has 0 aliphatic rings. The second-order valence-corrected chi connectivity index (χ2v) is 22.9. The van der Waals surface area contributed by atoms with Gasteiger partial charge in [0.05, 0.1) is 15.0 Å². The summed E-state index contributed by atoms with van der Waals surface area (Å²) in [5.41, 5.74) is 0.246. The maximum Gasteiger partial charge on any atom is 0.514 e. The minimum absolute atomic E-state index is 0.0181. The van der Waals surface area contributed by atoms with Gasteiger partial charge in [0, 0.05) is 37.8 Å². The Bertz CT molecular complexity index is 2140. The van der Waals surface area contributed by atoms with Crippen LogP contribution in [0.25, 0.3) is 0 Å². The SMILES string of the molecule is CCC/C=C\CCCCCCCCCC(=O)OCC(COC(=O)CCCCCCC/C=C\CC(C)CC(CC)CC)OC(=O)CC(C)C(CC)CC(C)CCCC(=O)Oc1c(Cl)cc(COC(=O)Oc2ccc([N+](=O)[O-])cc2)cc1Cl. The highest BCUT2D eigenvalue weighted by Gasteiger charge is 2.26. The molecule has 0 spiro atoms. The molecule has 16 heteroatoms. The first kappa shape index (κ1) is 72.2. The van der Waals surface area contributed by atoms with Gasteiger partial charge in [0.25, 0.3) is 5.69 Å². The lowest BCUT2D eigenvalue weighted by Crippen LogP contribution is -2.32.